The lowest BCUT2D eigenvalue weighted by atomic mass is 9.88. The Labute approximate surface area is 126 Å². The number of benzene rings is 1. The molecule has 0 heterocycles. The zero-order chi connectivity index (χ0) is 16.1. The summed E-state index contributed by atoms with van der Waals surface area (Å²) in [5.74, 6) is 0. The summed E-state index contributed by atoms with van der Waals surface area (Å²) in [5, 5.41) is 17.7. The highest BCUT2D eigenvalue weighted by atomic mass is 32.2. The average Bonchev–Trinajstić information content (AvgIpc) is 2.43. The predicted octanol–water partition coefficient (Wildman–Crippen LogP) is 1.94. The van der Waals surface area contributed by atoms with E-state index < -0.39 is 10.0 Å². The molecule has 2 N–H and O–H groups in total. The molecule has 0 fully saturated rings. The second-order valence-corrected chi connectivity index (χ2v) is 7.67. The van der Waals surface area contributed by atoms with Crippen LogP contribution in [0.2, 0.25) is 0 Å². The fraction of sp³-hybridized carbons (Fsp3) is 0.533. The van der Waals surface area contributed by atoms with E-state index in [1.54, 1.807) is 6.92 Å². The molecular weight excluding hydrogens is 288 g/mol. The molecule has 6 heteroatoms. The first-order valence-electron chi connectivity index (χ1n) is 6.83. The van der Waals surface area contributed by atoms with Crippen molar-refractivity contribution in [3.8, 4) is 6.07 Å². The van der Waals surface area contributed by atoms with Crippen molar-refractivity contribution in [2.75, 3.05) is 13.2 Å². The maximum Gasteiger partial charge on any atom is 0.240 e. The van der Waals surface area contributed by atoms with Crippen molar-refractivity contribution in [2.24, 2.45) is 5.41 Å². The van der Waals surface area contributed by atoms with E-state index in [2.05, 4.69) is 4.72 Å². The van der Waals surface area contributed by atoms with Gasteiger partial charge in [-0.25, -0.2) is 13.1 Å². The van der Waals surface area contributed by atoms with Crippen LogP contribution in [0.5, 0.6) is 0 Å². The molecule has 0 bridgehead atoms. The zero-order valence-corrected chi connectivity index (χ0v) is 13.5. The van der Waals surface area contributed by atoms with Crippen LogP contribution in [-0.4, -0.2) is 26.7 Å². The summed E-state index contributed by atoms with van der Waals surface area (Å²) in [6.07, 6.45) is 1.38. The number of sulfonamides is 1. The fourth-order valence-electron chi connectivity index (χ4n) is 1.95. The molecule has 0 aliphatic rings. The van der Waals surface area contributed by atoms with Gasteiger partial charge in [-0.05, 0) is 48.9 Å². The van der Waals surface area contributed by atoms with Crippen molar-refractivity contribution in [1.29, 1.82) is 5.26 Å². The van der Waals surface area contributed by atoms with E-state index in [-0.39, 0.29) is 16.9 Å². The van der Waals surface area contributed by atoms with Crippen molar-refractivity contribution in [3.63, 3.8) is 0 Å². The van der Waals surface area contributed by atoms with Gasteiger partial charge in [-0.1, -0.05) is 13.8 Å². The third-order valence-corrected chi connectivity index (χ3v) is 4.78. The first-order valence-corrected chi connectivity index (χ1v) is 8.31. The number of rotatable bonds is 7. The minimum absolute atomic E-state index is 0.102. The molecule has 0 atom stereocenters. The van der Waals surface area contributed by atoms with Crippen molar-refractivity contribution in [1.82, 2.24) is 4.72 Å². The summed E-state index contributed by atoms with van der Waals surface area (Å²) in [5.41, 5.74) is 0.884. The molecule has 5 nitrogen and oxygen atoms in total. The van der Waals surface area contributed by atoms with Crippen molar-refractivity contribution in [2.45, 2.75) is 38.5 Å². The Balaban J connectivity index is 2.83. The van der Waals surface area contributed by atoms with Crippen LogP contribution in [0.25, 0.3) is 0 Å². The lowest BCUT2D eigenvalue weighted by Gasteiger charge is -2.24. The number of aliphatic hydroxyl groups excluding tert-OH is 1. The third-order valence-electron chi connectivity index (χ3n) is 3.38. The Morgan fingerprint density at radius 1 is 1.38 bits per heavy atom. The summed E-state index contributed by atoms with van der Waals surface area (Å²) >= 11 is 0. The van der Waals surface area contributed by atoms with Gasteiger partial charge in [0.1, 0.15) is 0 Å². The standard InChI is InChI=1S/C15H22N2O3S/c1-12-9-14(6-5-13(12)10-16)21(19,20)17-11-15(2,3)7-4-8-18/h5-6,9,17-18H,4,7-8,11H2,1-3H3. The van der Waals surface area contributed by atoms with E-state index in [1.165, 1.54) is 18.2 Å². The highest BCUT2D eigenvalue weighted by Gasteiger charge is 2.22. The second kappa shape index (κ2) is 7.03. The summed E-state index contributed by atoms with van der Waals surface area (Å²) in [4.78, 5) is 0.164. The fourth-order valence-corrected chi connectivity index (χ4v) is 3.28. The minimum atomic E-state index is -3.59. The van der Waals surface area contributed by atoms with Gasteiger partial charge in [0.25, 0.3) is 0 Å². The molecule has 0 radical (unpaired) electrons. The zero-order valence-electron chi connectivity index (χ0n) is 12.7. The Hall–Kier alpha value is -1.42. The monoisotopic (exact) mass is 310 g/mol. The maximum atomic E-state index is 12.3. The summed E-state index contributed by atoms with van der Waals surface area (Å²) < 4.78 is 27.1. The smallest absolute Gasteiger partial charge is 0.240 e. The molecule has 0 unspecified atom stereocenters. The predicted molar refractivity (Wildman–Crippen MR) is 81.2 cm³/mol. The summed E-state index contributed by atoms with van der Waals surface area (Å²) in [6.45, 7) is 6.02. The van der Waals surface area contributed by atoms with Gasteiger partial charge in [-0.2, -0.15) is 5.26 Å². The third kappa shape index (κ3) is 5.12. The number of nitrogens with zero attached hydrogens (tertiary/aromatic N) is 1. The molecule has 0 spiro atoms. The lowest BCUT2D eigenvalue weighted by molar-refractivity contribution is 0.242. The number of aliphatic hydroxyl groups is 1. The van der Waals surface area contributed by atoms with E-state index in [0.717, 1.165) is 6.42 Å². The van der Waals surface area contributed by atoms with Crippen LogP contribution in [0.4, 0.5) is 0 Å². The highest BCUT2D eigenvalue weighted by molar-refractivity contribution is 7.89. The van der Waals surface area contributed by atoms with Crippen molar-refractivity contribution >= 4 is 10.0 Å². The molecule has 0 saturated heterocycles. The molecule has 0 aliphatic heterocycles. The molecule has 0 aromatic heterocycles. The van der Waals surface area contributed by atoms with Crippen LogP contribution in [-0.2, 0) is 10.0 Å². The van der Waals surface area contributed by atoms with Crippen LogP contribution in [0.15, 0.2) is 23.1 Å². The Kier molecular flexibility index (Phi) is 5.90. The topological polar surface area (TPSA) is 90.2 Å². The first-order chi connectivity index (χ1) is 9.72. The molecule has 0 amide bonds. The molecule has 0 saturated carbocycles. The Morgan fingerprint density at radius 3 is 2.57 bits per heavy atom. The quantitative estimate of drug-likeness (QED) is 0.805. The molecule has 1 aromatic carbocycles. The van der Waals surface area contributed by atoms with E-state index in [9.17, 15) is 8.42 Å². The van der Waals surface area contributed by atoms with E-state index in [1.807, 2.05) is 19.9 Å². The van der Waals surface area contributed by atoms with Crippen LogP contribution in [0.1, 0.15) is 37.8 Å². The van der Waals surface area contributed by atoms with Gasteiger partial charge in [-0.3, -0.25) is 0 Å². The number of nitrogens with one attached hydrogen (secondary N) is 1. The second-order valence-electron chi connectivity index (χ2n) is 5.90. The van der Waals surface area contributed by atoms with Gasteiger partial charge in [0.05, 0.1) is 16.5 Å². The molecule has 0 aliphatic carbocycles. The van der Waals surface area contributed by atoms with Gasteiger partial charge in [0.15, 0.2) is 0 Å². The average molecular weight is 310 g/mol. The Morgan fingerprint density at radius 2 is 2.05 bits per heavy atom. The first kappa shape index (κ1) is 17.6. The number of aryl methyl sites for hydroxylation is 1. The van der Waals surface area contributed by atoms with Gasteiger partial charge >= 0.3 is 0 Å². The largest absolute Gasteiger partial charge is 0.396 e. The van der Waals surface area contributed by atoms with E-state index >= 15 is 0 Å². The van der Waals surface area contributed by atoms with Gasteiger partial charge in [0.2, 0.25) is 10.0 Å². The van der Waals surface area contributed by atoms with E-state index in [0.29, 0.717) is 24.1 Å². The van der Waals surface area contributed by atoms with Crippen molar-refractivity contribution in [3.05, 3.63) is 29.3 Å². The van der Waals surface area contributed by atoms with Gasteiger partial charge in [0, 0.05) is 13.2 Å². The molecule has 116 valence electrons. The number of hydrogen-bond donors (Lipinski definition) is 2. The van der Waals surface area contributed by atoms with Crippen LogP contribution in [0.3, 0.4) is 0 Å². The molecule has 1 rings (SSSR count). The highest BCUT2D eigenvalue weighted by Crippen LogP contribution is 2.22. The summed E-state index contributed by atoms with van der Waals surface area (Å²) in [7, 11) is -3.59. The van der Waals surface area contributed by atoms with E-state index in [4.69, 9.17) is 10.4 Å². The van der Waals surface area contributed by atoms with Crippen LogP contribution >= 0.6 is 0 Å². The maximum absolute atomic E-state index is 12.3. The number of nitriles is 1. The van der Waals surface area contributed by atoms with Crippen LogP contribution in [0, 0.1) is 23.7 Å². The number of hydrogen-bond acceptors (Lipinski definition) is 4. The minimum Gasteiger partial charge on any atom is -0.396 e. The Bertz CT molecular complexity index is 631. The van der Waals surface area contributed by atoms with Gasteiger partial charge in [-0.15, -0.1) is 0 Å². The SMILES string of the molecule is Cc1cc(S(=O)(=O)NCC(C)(C)CCCO)ccc1C#N. The lowest BCUT2D eigenvalue weighted by Crippen LogP contribution is -2.34. The van der Waals surface area contributed by atoms with Gasteiger partial charge < -0.3 is 5.11 Å². The normalized spacial score (nSPS) is 12.1. The molecule has 21 heavy (non-hydrogen) atoms. The summed E-state index contributed by atoms with van der Waals surface area (Å²) in [6, 6.07) is 6.47. The van der Waals surface area contributed by atoms with Crippen molar-refractivity contribution < 1.29 is 13.5 Å². The molecular formula is C15H22N2O3S. The van der Waals surface area contributed by atoms with Crippen LogP contribution < -0.4 is 4.72 Å². The molecule has 1 aromatic rings.